The zero-order valence-electron chi connectivity index (χ0n) is 14.0. The number of amides is 2. The lowest BCUT2D eigenvalue weighted by Crippen LogP contribution is -2.45. The molecule has 0 radical (unpaired) electrons. The van der Waals surface area contributed by atoms with E-state index in [1.54, 1.807) is 11.3 Å². The number of aromatic nitrogens is 1. The van der Waals surface area contributed by atoms with Crippen LogP contribution in [-0.4, -0.2) is 23.7 Å². The predicted molar refractivity (Wildman–Crippen MR) is 95.1 cm³/mol. The molecule has 0 saturated carbocycles. The molecule has 1 aromatic carbocycles. The highest BCUT2D eigenvalue weighted by Gasteiger charge is 2.25. The highest BCUT2D eigenvalue weighted by Crippen LogP contribution is 2.28. The number of thiazole rings is 1. The first-order chi connectivity index (χ1) is 11.6. The van der Waals surface area contributed by atoms with Gasteiger partial charge in [-0.05, 0) is 32.3 Å². The molecule has 1 saturated heterocycles. The highest BCUT2D eigenvalue weighted by atomic mass is 32.1. The molecule has 24 heavy (non-hydrogen) atoms. The molecule has 128 valence electrons. The monoisotopic (exact) mass is 345 g/mol. The summed E-state index contributed by atoms with van der Waals surface area (Å²) in [5, 5.41) is 8.96. The van der Waals surface area contributed by atoms with Crippen LogP contribution in [0, 0.1) is 6.92 Å². The van der Waals surface area contributed by atoms with Crippen molar-refractivity contribution < 1.29 is 9.53 Å². The molecule has 2 heterocycles. The minimum Gasteiger partial charge on any atom is -0.373 e. The molecule has 3 rings (SSSR count). The van der Waals surface area contributed by atoms with Crippen molar-refractivity contribution in [3.05, 3.63) is 52.0 Å². The maximum absolute atomic E-state index is 12.3. The second-order valence-electron chi connectivity index (χ2n) is 6.16. The minimum absolute atomic E-state index is 0.0456. The summed E-state index contributed by atoms with van der Waals surface area (Å²) >= 11 is 1.57. The number of benzene rings is 1. The number of nitrogens with one attached hydrogen (secondary N) is 2. The van der Waals surface area contributed by atoms with Gasteiger partial charge in [0, 0.05) is 23.7 Å². The zero-order valence-corrected chi connectivity index (χ0v) is 14.8. The SMILES string of the molecule is Cc1csc([C@H](C)NC(=O)N[C@H]2CCO[C@@H](c3ccccc3)C2)n1. The third-order valence-corrected chi connectivity index (χ3v) is 5.29. The molecule has 2 aromatic rings. The van der Waals surface area contributed by atoms with Gasteiger partial charge >= 0.3 is 6.03 Å². The molecular weight excluding hydrogens is 322 g/mol. The molecule has 0 aliphatic carbocycles. The van der Waals surface area contributed by atoms with Gasteiger partial charge in [-0.2, -0.15) is 0 Å². The lowest BCUT2D eigenvalue weighted by molar-refractivity contribution is 0.00222. The van der Waals surface area contributed by atoms with Gasteiger partial charge in [0.15, 0.2) is 0 Å². The van der Waals surface area contributed by atoms with E-state index >= 15 is 0 Å². The molecule has 0 spiro atoms. The van der Waals surface area contributed by atoms with Crippen molar-refractivity contribution in [1.29, 1.82) is 0 Å². The Hall–Kier alpha value is -1.92. The van der Waals surface area contributed by atoms with Crippen molar-refractivity contribution in [2.24, 2.45) is 0 Å². The van der Waals surface area contributed by atoms with Gasteiger partial charge in [0.05, 0.1) is 12.1 Å². The van der Waals surface area contributed by atoms with E-state index in [2.05, 4.69) is 27.8 Å². The molecule has 1 aliphatic rings. The van der Waals surface area contributed by atoms with Crippen LogP contribution >= 0.6 is 11.3 Å². The predicted octanol–water partition coefficient (Wildman–Crippen LogP) is 3.73. The van der Waals surface area contributed by atoms with Gasteiger partial charge in [-0.1, -0.05) is 30.3 Å². The van der Waals surface area contributed by atoms with Crippen LogP contribution < -0.4 is 10.6 Å². The number of hydrogen-bond acceptors (Lipinski definition) is 4. The highest BCUT2D eigenvalue weighted by molar-refractivity contribution is 7.09. The Kier molecular flexibility index (Phi) is 5.48. The summed E-state index contributed by atoms with van der Waals surface area (Å²) in [6.45, 7) is 4.57. The summed E-state index contributed by atoms with van der Waals surface area (Å²) in [5.74, 6) is 0. The van der Waals surface area contributed by atoms with Gasteiger partial charge in [-0.15, -0.1) is 11.3 Å². The molecule has 2 amide bonds. The number of aryl methyl sites for hydroxylation is 1. The quantitative estimate of drug-likeness (QED) is 0.887. The first kappa shape index (κ1) is 16.9. The molecule has 1 aliphatic heterocycles. The van der Waals surface area contributed by atoms with Gasteiger partial charge in [0.25, 0.3) is 0 Å². The van der Waals surface area contributed by atoms with Crippen LogP contribution in [0.15, 0.2) is 35.7 Å². The molecule has 5 nitrogen and oxygen atoms in total. The van der Waals surface area contributed by atoms with Gasteiger partial charge < -0.3 is 15.4 Å². The van der Waals surface area contributed by atoms with Gasteiger partial charge in [0.1, 0.15) is 5.01 Å². The van der Waals surface area contributed by atoms with Crippen LogP contribution in [0.25, 0.3) is 0 Å². The second-order valence-corrected chi connectivity index (χ2v) is 7.05. The van der Waals surface area contributed by atoms with Crippen molar-refractivity contribution in [1.82, 2.24) is 15.6 Å². The van der Waals surface area contributed by atoms with Crippen molar-refractivity contribution >= 4 is 17.4 Å². The largest absolute Gasteiger partial charge is 0.373 e. The van der Waals surface area contributed by atoms with Crippen LogP contribution in [0.5, 0.6) is 0 Å². The maximum Gasteiger partial charge on any atom is 0.315 e. The Morgan fingerprint density at radius 2 is 2.17 bits per heavy atom. The van der Waals surface area contributed by atoms with E-state index in [-0.39, 0.29) is 24.2 Å². The van der Waals surface area contributed by atoms with E-state index in [4.69, 9.17) is 4.74 Å². The lowest BCUT2D eigenvalue weighted by Gasteiger charge is -2.30. The first-order valence-corrected chi connectivity index (χ1v) is 9.15. The van der Waals surface area contributed by atoms with Crippen molar-refractivity contribution in [3.63, 3.8) is 0 Å². The molecular formula is C18H23N3O2S. The van der Waals surface area contributed by atoms with E-state index in [0.29, 0.717) is 6.61 Å². The first-order valence-electron chi connectivity index (χ1n) is 8.27. The third kappa shape index (κ3) is 4.33. The maximum atomic E-state index is 12.3. The van der Waals surface area contributed by atoms with Crippen molar-refractivity contribution in [2.75, 3.05) is 6.61 Å². The molecule has 3 atom stereocenters. The van der Waals surface area contributed by atoms with Gasteiger partial charge in [-0.25, -0.2) is 9.78 Å². The Bertz CT molecular complexity index is 674. The van der Waals surface area contributed by atoms with Crippen LogP contribution in [0.3, 0.4) is 0 Å². The van der Waals surface area contributed by atoms with Crippen LogP contribution in [0.1, 0.15) is 48.2 Å². The average Bonchev–Trinajstić information content (AvgIpc) is 3.02. The van der Waals surface area contributed by atoms with Crippen molar-refractivity contribution in [3.8, 4) is 0 Å². The molecule has 0 bridgehead atoms. The van der Waals surface area contributed by atoms with E-state index in [1.165, 1.54) is 0 Å². The normalized spacial score (nSPS) is 21.9. The number of nitrogens with zero attached hydrogens (tertiary/aromatic N) is 1. The van der Waals surface area contributed by atoms with E-state index < -0.39 is 0 Å². The fourth-order valence-electron chi connectivity index (χ4n) is 2.88. The number of hydrogen-bond donors (Lipinski definition) is 2. The topological polar surface area (TPSA) is 63.2 Å². The summed E-state index contributed by atoms with van der Waals surface area (Å²) in [7, 11) is 0. The molecule has 2 N–H and O–H groups in total. The van der Waals surface area contributed by atoms with Crippen LogP contribution in [-0.2, 0) is 4.74 Å². The summed E-state index contributed by atoms with van der Waals surface area (Å²) in [6, 6.07) is 10.0. The number of carbonyl (C=O) groups is 1. The van der Waals surface area contributed by atoms with Crippen LogP contribution in [0.2, 0.25) is 0 Å². The molecule has 1 aromatic heterocycles. The summed E-state index contributed by atoms with van der Waals surface area (Å²) in [5.41, 5.74) is 2.15. The van der Waals surface area contributed by atoms with Crippen molar-refractivity contribution in [2.45, 2.75) is 44.9 Å². The number of carbonyl (C=O) groups excluding carboxylic acids is 1. The second kappa shape index (κ2) is 7.77. The lowest BCUT2D eigenvalue weighted by atomic mass is 9.97. The number of urea groups is 1. The van der Waals surface area contributed by atoms with E-state index in [9.17, 15) is 4.79 Å². The zero-order chi connectivity index (χ0) is 16.9. The Labute approximate surface area is 146 Å². The molecule has 1 fully saturated rings. The third-order valence-electron chi connectivity index (χ3n) is 4.15. The summed E-state index contributed by atoms with van der Waals surface area (Å²) in [4.78, 5) is 16.7. The standard InChI is InChI=1S/C18H23N3O2S/c1-12-11-24-17(19-12)13(2)20-18(22)21-15-8-9-23-16(10-15)14-6-4-3-5-7-14/h3-7,11,13,15-16H,8-10H2,1-2H3,(H2,20,21,22)/t13-,15-,16+/m0/s1. The Morgan fingerprint density at radius 3 is 2.88 bits per heavy atom. The van der Waals surface area contributed by atoms with Gasteiger partial charge in [0.2, 0.25) is 0 Å². The fourth-order valence-corrected chi connectivity index (χ4v) is 3.69. The number of ether oxygens (including phenoxy) is 1. The minimum atomic E-state index is -0.144. The summed E-state index contributed by atoms with van der Waals surface area (Å²) < 4.78 is 5.85. The van der Waals surface area contributed by atoms with Gasteiger partial charge in [-0.3, -0.25) is 0 Å². The van der Waals surface area contributed by atoms with E-state index in [0.717, 1.165) is 29.1 Å². The summed E-state index contributed by atoms with van der Waals surface area (Å²) in [6.07, 6.45) is 1.67. The Morgan fingerprint density at radius 1 is 1.38 bits per heavy atom. The molecule has 0 unspecified atom stereocenters. The number of rotatable bonds is 4. The van der Waals surface area contributed by atoms with Crippen LogP contribution in [0.4, 0.5) is 4.79 Å². The molecule has 6 heteroatoms. The fraction of sp³-hybridized carbons (Fsp3) is 0.444. The smallest absolute Gasteiger partial charge is 0.315 e. The van der Waals surface area contributed by atoms with E-state index in [1.807, 2.05) is 37.4 Å². The Balaban J connectivity index is 1.52. The average molecular weight is 345 g/mol.